The summed E-state index contributed by atoms with van der Waals surface area (Å²) >= 11 is 0. The summed E-state index contributed by atoms with van der Waals surface area (Å²) in [7, 11) is 0. The van der Waals surface area contributed by atoms with Crippen LogP contribution >= 0.6 is 0 Å². The van der Waals surface area contributed by atoms with Gasteiger partial charge < -0.3 is 4.42 Å². The highest BCUT2D eigenvalue weighted by Crippen LogP contribution is 2.34. The Labute approximate surface area is 133 Å². The minimum atomic E-state index is 0.938. The van der Waals surface area contributed by atoms with Gasteiger partial charge in [0.15, 0.2) is 0 Å². The van der Waals surface area contributed by atoms with E-state index >= 15 is 0 Å². The van der Waals surface area contributed by atoms with E-state index in [-0.39, 0.29) is 0 Å². The molecular formula is C22H14O. The molecule has 0 spiro atoms. The fraction of sp³-hybridized carbons (Fsp3) is 0. The van der Waals surface area contributed by atoms with Gasteiger partial charge in [-0.25, -0.2) is 0 Å². The van der Waals surface area contributed by atoms with Crippen LogP contribution in [0.3, 0.4) is 0 Å². The van der Waals surface area contributed by atoms with E-state index in [1.54, 1.807) is 6.26 Å². The molecule has 1 heterocycles. The number of hydrogen-bond acceptors (Lipinski definition) is 1. The van der Waals surface area contributed by atoms with Crippen molar-refractivity contribution in [2.75, 3.05) is 0 Å². The van der Waals surface area contributed by atoms with E-state index in [1.807, 2.05) is 12.1 Å². The molecule has 5 aromatic rings. The van der Waals surface area contributed by atoms with Gasteiger partial charge in [0.2, 0.25) is 0 Å². The van der Waals surface area contributed by atoms with Crippen molar-refractivity contribution in [1.29, 1.82) is 0 Å². The van der Waals surface area contributed by atoms with Crippen molar-refractivity contribution in [1.82, 2.24) is 0 Å². The Morgan fingerprint density at radius 2 is 1.48 bits per heavy atom. The molecule has 0 aliphatic carbocycles. The summed E-state index contributed by atoms with van der Waals surface area (Å²) in [5, 5.41) is 8.73. The van der Waals surface area contributed by atoms with Crippen LogP contribution in [0.15, 0.2) is 77.9 Å². The average molecular weight is 294 g/mol. The van der Waals surface area contributed by atoms with Gasteiger partial charge in [-0.05, 0) is 68.2 Å². The van der Waals surface area contributed by atoms with E-state index in [0.29, 0.717) is 0 Å². The van der Waals surface area contributed by atoms with Crippen LogP contribution in [0.1, 0.15) is 5.56 Å². The Morgan fingerprint density at radius 3 is 2.39 bits per heavy atom. The fourth-order valence-electron chi connectivity index (χ4n) is 3.49. The zero-order valence-corrected chi connectivity index (χ0v) is 12.5. The van der Waals surface area contributed by atoms with E-state index < -0.39 is 0 Å². The van der Waals surface area contributed by atoms with E-state index in [4.69, 9.17) is 4.42 Å². The first-order valence-electron chi connectivity index (χ1n) is 7.72. The first kappa shape index (κ1) is 12.5. The van der Waals surface area contributed by atoms with Crippen LogP contribution in [0.4, 0.5) is 0 Å². The molecule has 0 aliphatic rings. The Hall–Kier alpha value is -3.06. The molecule has 5 rings (SSSR count). The maximum Gasteiger partial charge on any atom is 0.134 e. The molecule has 1 heteroatoms. The summed E-state index contributed by atoms with van der Waals surface area (Å²) < 4.78 is 5.52. The number of benzene rings is 4. The predicted octanol–water partition coefficient (Wildman–Crippen LogP) is 6.54. The zero-order valence-electron chi connectivity index (χ0n) is 12.5. The molecule has 0 fully saturated rings. The standard InChI is InChI=1S/C22H14O/c1-2-14-3-4-15-13-21-16(12-17(15)11-14)5-6-18-19(21)7-8-22-20(18)9-10-23-22/h2-13H,1H2. The van der Waals surface area contributed by atoms with E-state index in [0.717, 1.165) is 11.1 Å². The Morgan fingerprint density at radius 1 is 0.652 bits per heavy atom. The molecule has 0 amide bonds. The molecule has 1 nitrogen and oxygen atoms in total. The van der Waals surface area contributed by atoms with Gasteiger partial charge in [-0.15, -0.1) is 0 Å². The second-order valence-electron chi connectivity index (χ2n) is 5.94. The van der Waals surface area contributed by atoms with Crippen molar-refractivity contribution < 1.29 is 4.42 Å². The minimum Gasteiger partial charge on any atom is -0.464 e. The third-order valence-corrected chi connectivity index (χ3v) is 4.67. The largest absolute Gasteiger partial charge is 0.464 e. The lowest BCUT2D eigenvalue weighted by atomic mass is 9.96. The van der Waals surface area contributed by atoms with E-state index in [9.17, 15) is 0 Å². The van der Waals surface area contributed by atoms with Gasteiger partial charge in [-0.1, -0.05) is 43.0 Å². The first-order chi connectivity index (χ1) is 11.3. The number of rotatable bonds is 1. The SMILES string of the molecule is C=Cc1ccc2cc3c(ccc4c5ccoc5ccc34)cc2c1. The second-order valence-corrected chi connectivity index (χ2v) is 5.94. The molecule has 0 saturated heterocycles. The minimum absolute atomic E-state index is 0.938. The summed E-state index contributed by atoms with van der Waals surface area (Å²) in [5.41, 5.74) is 2.09. The lowest BCUT2D eigenvalue weighted by Gasteiger charge is -2.08. The maximum atomic E-state index is 5.52. The highest BCUT2D eigenvalue weighted by atomic mass is 16.3. The molecule has 0 N–H and O–H groups in total. The van der Waals surface area contributed by atoms with Gasteiger partial charge >= 0.3 is 0 Å². The lowest BCUT2D eigenvalue weighted by molar-refractivity contribution is 0.616. The van der Waals surface area contributed by atoms with Crippen LogP contribution in [0.2, 0.25) is 0 Å². The summed E-state index contributed by atoms with van der Waals surface area (Å²) in [6.07, 6.45) is 3.64. The van der Waals surface area contributed by atoms with Crippen molar-refractivity contribution >= 4 is 49.4 Å². The maximum absolute atomic E-state index is 5.52. The van der Waals surface area contributed by atoms with Gasteiger partial charge in [-0.2, -0.15) is 0 Å². The quantitative estimate of drug-likeness (QED) is 0.253. The van der Waals surface area contributed by atoms with Gasteiger partial charge in [-0.3, -0.25) is 0 Å². The number of hydrogen-bond donors (Lipinski definition) is 0. The molecule has 0 atom stereocenters. The van der Waals surface area contributed by atoms with Crippen LogP contribution in [0.5, 0.6) is 0 Å². The monoisotopic (exact) mass is 294 g/mol. The van der Waals surface area contributed by atoms with Gasteiger partial charge in [0, 0.05) is 5.39 Å². The molecule has 0 radical (unpaired) electrons. The molecule has 0 aliphatic heterocycles. The molecule has 4 aromatic carbocycles. The van der Waals surface area contributed by atoms with Crippen LogP contribution in [-0.2, 0) is 0 Å². The van der Waals surface area contributed by atoms with Gasteiger partial charge in [0.1, 0.15) is 5.58 Å². The van der Waals surface area contributed by atoms with Crippen molar-refractivity contribution in [2.45, 2.75) is 0 Å². The third kappa shape index (κ3) is 1.74. The molecule has 1 aromatic heterocycles. The summed E-state index contributed by atoms with van der Waals surface area (Å²) in [4.78, 5) is 0. The highest BCUT2D eigenvalue weighted by molar-refractivity contribution is 6.18. The topological polar surface area (TPSA) is 13.1 Å². The van der Waals surface area contributed by atoms with Crippen molar-refractivity contribution in [2.24, 2.45) is 0 Å². The third-order valence-electron chi connectivity index (χ3n) is 4.67. The molecule has 108 valence electrons. The molecular weight excluding hydrogens is 280 g/mol. The highest BCUT2D eigenvalue weighted by Gasteiger charge is 2.07. The molecule has 0 bridgehead atoms. The lowest BCUT2D eigenvalue weighted by Crippen LogP contribution is -1.81. The second kappa shape index (κ2) is 4.47. The first-order valence-corrected chi connectivity index (χ1v) is 7.72. The van der Waals surface area contributed by atoms with Gasteiger partial charge in [0.05, 0.1) is 6.26 Å². The number of furan rings is 1. The zero-order chi connectivity index (χ0) is 15.4. The smallest absolute Gasteiger partial charge is 0.134 e. The normalized spacial score (nSPS) is 11.7. The van der Waals surface area contributed by atoms with Crippen LogP contribution in [0.25, 0.3) is 49.4 Å². The Balaban J connectivity index is 1.95. The van der Waals surface area contributed by atoms with Gasteiger partial charge in [0.25, 0.3) is 0 Å². The molecule has 23 heavy (non-hydrogen) atoms. The predicted molar refractivity (Wildman–Crippen MR) is 98.8 cm³/mol. The molecule has 0 saturated carbocycles. The number of fused-ring (bicyclic) bond motifs is 6. The fourth-order valence-corrected chi connectivity index (χ4v) is 3.49. The van der Waals surface area contributed by atoms with Crippen LogP contribution in [-0.4, -0.2) is 0 Å². The van der Waals surface area contributed by atoms with Crippen molar-refractivity contribution in [3.8, 4) is 0 Å². The summed E-state index contributed by atoms with van der Waals surface area (Å²) in [5.74, 6) is 0. The molecule has 0 unspecified atom stereocenters. The summed E-state index contributed by atoms with van der Waals surface area (Å²) in [6, 6.07) is 21.7. The van der Waals surface area contributed by atoms with E-state index in [2.05, 4.69) is 61.2 Å². The average Bonchev–Trinajstić information content (AvgIpc) is 3.08. The van der Waals surface area contributed by atoms with Crippen molar-refractivity contribution in [3.63, 3.8) is 0 Å². The van der Waals surface area contributed by atoms with Crippen LogP contribution < -0.4 is 0 Å². The Bertz CT molecular complexity index is 1220. The Kier molecular flexibility index (Phi) is 2.42. The van der Waals surface area contributed by atoms with E-state index in [1.165, 1.54) is 37.7 Å². The summed E-state index contributed by atoms with van der Waals surface area (Å²) in [6.45, 7) is 3.86. The van der Waals surface area contributed by atoms with Crippen molar-refractivity contribution in [3.05, 3.63) is 79.1 Å². The van der Waals surface area contributed by atoms with Crippen LogP contribution in [0, 0.1) is 0 Å².